The fraction of sp³-hybridized carbons (Fsp3) is 0.500. The molecular weight excluding hydrogens is 224 g/mol. The van der Waals surface area contributed by atoms with Gasteiger partial charge in [0.1, 0.15) is 0 Å². The van der Waals surface area contributed by atoms with Crippen LogP contribution in [0.5, 0.6) is 0 Å². The molecule has 0 aliphatic heterocycles. The molecule has 0 unspecified atom stereocenters. The number of ether oxygens (including phenoxy) is 1. The number of hydrogen-bond acceptors (Lipinski definition) is 2. The molecule has 0 amide bonds. The quantitative estimate of drug-likeness (QED) is 0.781. The van der Waals surface area contributed by atoms with Crippen molar-refractivity contribution in [1.82, 2.24) is 0 Å². The fourth-order valence-corrected chi connectivity index (χ4v) is 2.54. The van der Waals surface area contributed by atoms with Gasteiger partial charge in [0.25, 0.3) is 0 Å². The zero-order valence-corrected chi connectivity index (χ0v) is 10.8. The summed E-state index contributed by atoms with van der Waals surface area (Å²) in [5.74, 6) is 1.05. The van der Waals surface area contributed by atoms with Crippen LogP contribution in [0.25, 0.3) is 0 Å². The minimum absolute atomic E-state index is 0.268. The van der Waals surface area contributed by atoms with E-state index in [2.05, 4.69) is 24.3 Å². The third-order valence-corrected chi connectivity index (χ3v) is 3.60. The highest BCUT2D eigenvalue weighted by Crippen LogP contribution is 2.27. The van der Waals surface area contributed by atoms with Crippen molar-refractivity contribution in [2.24, 2.45) is 11.8 Å². The van der Waals surface area contributed by atoms with Crippen molar-refractivity contribution >= 4 is 0 Å². The Hall–Kier alpha value is -1.12. The minimum Gasteiger partial charge on any atom is -0.396 e. The van der Waals surface area contributed by atoms with Gasteiger partial charge in [-0.1, -0.05) is 42.5 Å². The predicted octanol–water partition coefficient (Wildman–Crippen LogP) is 3.17. The summed E-state index contributed by atoms with van der Waals surface area (Å²) in [6.07, 6.45) is 7.65. The van der Waals surface area contributed by atoms with E-state index in [0.29, 0.717) is 18.4 Å². The summed E-state index contributed by atoms with van der Waals surface area (Å²) in [6.45, 7) is 1.75. The summed E-state index contributed by atoms with van der Waals surface area (Å²) in [6, 6.07) is 10.3. The van der Waals surface area contributed by atoms with E-state index in [-0.39, 0.29) is 6.61 Å². The lowest BCUT2D eigenvalue weighted by Crippen LogP contribution is -2.22. The monoisotopic (exact) mass is 246 g/mol. The standard InChI is InChI=1S/C16H22O2/c17-11-10-15-8-4-5-9-16(15)13-18-12-14-6-2-1-3-7-14/h1-4,6-8,15-17H,5,9-13H2/t15-,16-/m1/s1. The first kappa shape index (κ1) is 13.3. The van der Waals surface area contributed by atoms with Crippen LogP contribution < -0.4 is 0 Å². The van der Waals surface area contributed by atoms with Crippen LogP contribution in [-0.4, -0.2) is 18.3 Å². The lowest BCUT2D eigenvalue weighted by atomic mass is 9.83. The largest absolute Gasteiger partial charge is 0.396 e. The highest BCUT2D eigenvalue weighted by molar-refractivity contribution is 5.13. The van der Waals surface area contributed by atoms with E-state index in [0.717, 1.165) is 19.4 Å². The average Bonchev–Trinajstić information content (AvgIpc) is 2.42. The number of benzene rings is 1. The van der Waals surface area contributed by atoms with E-state index in [1.54, 1.807) is 0 Å². The normalized spacial score (nSPS) is 23.2. The fourth-order valence-electron chi connectivity index (χ4n) is 2.54. The molecule has 2 heteroatoms. The summed E-state index contributed by atoms with van der Waals surface area (Å²) >= 11 is 0. The van der Waals surface area contributed by atoms with Crippen molar-refractivity contribution in [3.8, 4) is 0 Å². The first-order chi connectivity index (χ1) is 8.90. The molecule has 0 aromatic heterocycles. The van der Waals surface area contributed by atoms with Crippen molar-refractivity contribution in [3.05, 3.63) is 48.0 Å². The molecule has 98 valence electrons. The molecule has 1 aliphatic carbocycles. The lowest BCUT2D eigenvalue weighted by Gasteiger charge is -2.27. The van der Waals surface area contributed by atoms with E-state index >= 15 is 0 Å². The number of allylic oxidation sites excluding steroid dienone is 2. The van der Waals surface area contributed by atoms with Gasteiger partial charge in [-0.2, -0.15) is 0 Å². The molecule has 0 bridgehead atoms. The molecule has 0 spiro atoms. The summed E-state index contributed by atoms with van der Waals surface area (Å²) < 4.78 is 5.82. The molecule has 1 aromatic carbocycles. The Balaban J connectivity index is 1.77. The van der Waals surface area contributed by atoms with E-state index in [9.17, 15) is 0 Å². The molecule has 18 heavy (non-hydrogen) atoms. The lowest BCUT2D eigenvalue weighted by molar-refractivity contribution is 0.0633. The van der Waals surface area contributed by atoms with Gasteiger partial charge in [-0.3, -0.25) is 0 Å². The topological polar surface area (TPSA) is 29.5 Å². The average molecular weight is 246 g/mol. The number of aliphatic hydroxyl groups excluding tert-OH is 1. The highest BCUT2D eigenvalue weighted by atomic mass is 16.5. The van der Waals surface area contributed by atoms with Gasteiger partial charge in [0.2, 0.25) is 0 Å². The highest BCUT2D eigenvalue weighted by Gasteiger charge is 2.21. The van der Waals surface area contributed by atoms with Crippen molar-refractivity contribution in [2.45, 2.75) is 25.9 Å². The van der Waals surface area contributed by atoms with Crippen molar-refractivity contribution in [3.63, 3.8) is 0 Å². The number of aliphatic hydroxyl groups is 1. The van der Waals surface area contributed by atoms with E-state index in [4.69, 9.17) is 9.84 Å². The van der Waals surface area contributed by atoms with Crippen LogP contribution in [0.3, 0.4) is 0 Å². The molecule has 0 fully saturated rings. The third-order valence-electron chi connectivity index (χ3n) is 3.60. The van der Waals surface area contributed by atoms with Crippen LogP contribution in [0.2, 0.25) is 0 Å². The van der Waals surface area contributed by atoms with Gasteiger partial charge in [0.05, 0.1) is 13.2 Å². The molecule has 1 aromatic rings. The van der Waals surface area contributed by atoms with Gasteiger partial charge in [0, 0.05) is 6.61 Å². The second kappa shape index (κ2) is 7.34. The molecule has 0 saturated carbocycles. The molecule has 0 radical (unpaired) electrons. The number of rotatable bonds is 6. The number of hydrogen-bond donors (Lipinski definition) is 1. The Morgan fingerprint density at radius 2 is 2.06 bits per heavy atom. The van der Waals surface area contributed by atoms with Gasteiger partial charge in [-0.15, -0.1) is 0 Å². The molecular formula is C16H22O2. The maximum atomic E-state index is 9.07. The third kappa shape index (κ3) is 3.97. The maximum absolute atomic E-state index is 9.07. The van der Waals surface area contributed by atoms with Crippen LogP contribution in [0.4, 0.5) is 0 Å². The Bertz CT molecular complexity index is 359. The van der Waals surface area contributed by atoms with Gasteiger partial charge in [-0.25, -0.2) is 0 Å². The van der Waals surface area contributed by atoms with Crippen LogP contribution in [-0.2, 0) is 11.3 Å². The first-order valence-corrected chi connectivity index (χ1v) is 6.79. The second-order valence-corrected chi connectivity index (χ2v) is 4.94. The molecule has 2 atom stereocenters. The Morgan fingerprint density at radius 3 is 2.83 bits per heavy atom. The predicted molar refractivity (Wildman–Crippen MR) is 73.2 cm³/mol. The zero-order valence-electron chi connectivity index (χ0n) is 10.8. The molecule has 0 heterocycles. The summed E-state index contributed by atoms with van der Waals surface area (Å²) in [7, 11) is 0. The van der Waals surface area contributed by atoms with Crippen LogP contribution >= 0.6 is 0 Å². The summed E-state index contributed by atoms with van der Waals surface area (Å²) in [4.78, 5) is 0. The van der Waals surface area contributed by atoms with Crippen LogP contribution in [0.1, 0.15) is 24.8 Å². The van der Waals surface area contributed by atoms with Gasteiger partial charge in [-0.05, 0) is 36.7 Å². The smallest absolute Gasteiger partial charge is 0.0717 e. The first-order valence-electron chi connectivity index (χ1n) is 6.79. The zero-order chi connectivity index (χ0) is 12.6. The molecule has 2 nitrogen and oxygen atoms in total. The van der Waals surface area contributed by atoms with Gasteiger partial charge in [0.15, 0.2) is 0 Å². The second-order valence-electron chi connectivity index (χ2n) is 4.94. The van der Waals surface area contributed by atoms with Crippen molar-refractivity contribution in [1.29, 1.82) is 0 Å². The van der Waals surface area contributed by atoms with Crippen LogP contribution in [0, 0.1) is 11.8 Å². The van der Waals surface area contributed by atoms with Crippen molar-refractivity contribution in [2.75, 3.05) is 13.2 Å². The van der Waals surface area contributed by atoms with Gasteiger partial charge < -0.3 is 9.84 Å². The minimum atomic E-state index is 0.268. The summed E-state index contributed by atoms with van der Waals surface area (Å²) in [5.41, 5.74) is 1.22. The molecule has 1 aliphatic rings. The van der Waals surface area contributed by atoms with E-state index in [1.165, 1.54) is 12.0 Å². The Labute approximate surface area is 109 Å². The summed E-state index contributed by atoms with van der Waals surface area (Å²) in [5, 5.41) is 9.07. The van der Waals surface area contributed by atoms with E-state index in [1.807, 2.05) is 18.2 Å². The molecule has 1 N–H and O–H groups in total. The Kier molecular flexibility index (Phi) is 5.43. The maximum Gasteiger partial charge on any atom is 0.0717 e. The Morgan fingerprint density at radius 1 is 1.22 bits per heavy atom. The van der Waals surface area contributed by atoms with Crippen LogP contribution in [0.15, 0.2) is 42.5 Å². The van der Waals surface area contributed by atoms with Gasteiger partial charge >= 0.3 is 0 Å². The molecule has 0 saturated heterocycles. The van der Waals surface area contributed by atoms with E-state index < -0.39 is 0 Å². The molecule has 2 rings (SSSR count). The van der Waals surface area contributed by atoms with Crippen molar-refractivity contribution < 1.29 is 9.84 Å². The SMILES string of the molecule is OCC[C@H]1C=CCC[C@@H]1COCc1ccccc1.